The number of nitrogens with zero attached hydrogens (tertiary/aromatic N) is 1. The molecule has 21 heavy (non-hydrogen) atoms. The molecular formula is C16H22FNO3. The second-order valence-electron chi connectivity index (χ2n) is 6.61. The van der Waals surface area contributed by atoms with E-state index in [9.17, 15) is 14.3 Å². The van der Waals surface area contributed by atoms with Crippen LogP contribution in [0.3, 0.4) is 0 Å². The zero-order valence-corrected chi connectivity index (χ0v) is 12.7. The quantitative estimate of drug-likeness (QED) is 0.911. The van der Waals surface area contributed by atoms with Crippen molar-refractivity contribution < 1.29 is 19.0 Å². The maximum atomic E-state index is 14.9. The zero-order chi connectivity index (χ0) is 15.7. The van der Waals surface area contributed by atoms with Gasteiger partial charge in [0.25, 0.3) is 0 Å². The maximum Gasteiger partial charge on any atom is 0.410 e. The Kier molecular flexibility index (Phi) is 4.12. The average Bonchev–Trinajstić information content (AvgIpc) is 2.73. The van der Waals surface area contributed by atoms with Crippen molar-refractivity contribution >= 4 is 6.09 Å². The highest BCUT2D eigenvalue weighted by Gasteiger charge is 2.42. The van der Waals surface area contributed by atoms with Crippen LogP contribution in [0.1, 0.15) is 32.8 Å². The maximum absolute atomic E-state index is 14.9. The molecule has 1 aromatic rings. The lowest BCUT2D eigenvalue weighted by atomic mass is 9.95. The van der Waals surface area contributed by atoms with Crippen LogP contribution in [0.15, 0.2) is 24.3 Å². The molecule has 2 rings (SSSR count). The summed E-state index contributed by atoms with van der Waals surface area (Å²) in [6.45, 7) is 5.68. The molecular weight excluding hydrogens is 273 g/mol. The summed E-state index contributed by atoms with van der Waals surface area (Å²) in [5, 5.41) is 9.74. The second-order valence-corrected chi connectivity index (χ2v) is 6.61. The Hall–Kier alpha value is -1.78. The third kappa shape index (κ3) is 4.09. The summed E-state index contributed by atoms with van der Waals surface area (Å²) >= 11 is 0. The monoisotopic (exact) mass is 295 g/mol. The summed E-state index contributed by atoms with van der Waals surface area (Å²) < 4.78 is 20.1. The van der Waals surface area contributed by atoms with Crippen molar-refractivity contribution in [2.24, 2.45) is 0 Å². The highest BCUT2D eigenvalue weighted by molar-refractivity contribution is 5.68. The average molecular weight is 295 g/mol. The van der Waals surface area contributed by atoms with Crippen LogP contribution < -0.4 is 0 Å². The van der Waals surface area contributed by atoms with Crippen LogP contribution in [0.2, 0.25) is 0 Å². The van der Waals surface area contributed by atoms with E-state index in [2.05, 4.69) is 0 Å². The largest absolute Gasteiger partial charge is 0.508 e. The van der Waals surface area contributed by atoms with Crippen molar-refractivity contribution in [2.75, 3.05) is 13.1 Å². The number of aromatic hydroxyl groups is 1. The number of benzene rings is 1. The van der Waals surface area contributed by atoms with Crippen LogP contribution in [0.25, 0.3) is 0 Å². The fourth-order valence-electron chi connectivity index (χ4n) is 2.46. The van der Waals surface area contributed by atoms with Gasteiger partial charge in [0.15, 0.2) is 0 Å². The summed E-state index contributed by atoms with van der Waals surface area (Å²) in [6.07, 6.45) is -0.140. The fraction of sp³-hybridized carbons (Fsp3) is 0.562. The van der Waals surface area contributed by atoms with Gasteiger partial charge in [0.05, 0.1) is 6.54 Å². The summed E-state index contributed by atoms with van der Waals surface area (Å²) in [5.41, 5.74) is -1.54. The first-order valence-electron chi connectivity index (χ1n) is 7.12. The molecule has 1 atom stereocenters. The van der Waals surface area contributed by atoms with Crippen LogP contribution >= 0.6 is 0 Å². The van der Waals surface area contributed by atoms with Gasteiger partial charge in [0, 0.05) is 19.4 Å². The standard InChI is InChI=1S/C16H22FNO3/c1-15(2,3)21-14(20)18-9-8-16(17,11-18)10-12-6-4-5-7-13(12)19/h4-7,19H,8-11H2,1-3H3. The summed E-state index contributed by atoms with van der Waals surface area (Å²) in [7, 11) is 0. The second kappa shape index (κ2) is 5.54. The molecule has 0 aliphatic carbocycles. The molecule has 116 valence electrons. The Morgan fingerprint density at radius 2 is 2.10 bits per heavy atom. The summed E-state index contributed by atoms with van der Waals surface area (Å²) in [5.74, 6) is 0.0882. The molecule has 1 unspecified atom stereocenters. The predicted octanol–water partition coefficient (Wildman–Crippen LogP) is 3.28. The summed E-state index contributed by atoms with van der Waals surface area (Å²) in [4.78, 5) is 13.3. The number of amides is 1. The first-order chi connectivity index (χ1) is 9.69. The van der Waals surface area contributed by atoms with E-state index in [1.807, 2.05) is 0 Å². The van der Waals surface area contributed by atoms with Crippen LogP contribution in [0.5, 0.6) is 5.75 Å². The molecule has 4 nitrogen and oxygen atoms in total. The smallest absolute Gasteiger partial charge is 0.410 e. The Bertz CT molecular complexity index is 526. The molecule has 0 radical (unpaired) electrons. The molecule has 1 heterocycles. The molecule has 1 aliphatic heterocycles. The van der Waals surface area contributed by atoms with E-state index in [4.69, 9.17) is 4.74 Å². The number of carbonyl (C=O) groups excluding carboxylic acids is 1. The minimum absolute atomic E-state index is 0.00372. The van der Waals surface area contributed by atoms with Crippen LogP contribution in [-0.2, 0) is 11.2 Å². The third-order valence-corrected chi connectivity index (χ3v) is 3.45. The number of para-hydroxylation sites is 1. The number of likely N-dealkylation sites (tertiary alicyclic amines) is 1. The molecule has 1 saturated heterocycles. The molecule has 0 bridgehead atoms. The minimum atomic E-state index is -1.52. The number of alkyl halides is 1. The van der Waals surface area contributed by atoms with Crippen LogP contribution in [0.4, 0.5) is 9.18 Å². The zero-order valence-electron chi connectivity index (χ0n) is 12.7. The SMILES string of the molecule is CC(C)(C)OC(=O)N1CCC(F)(Cc2ccccc2O)C1. The lowest BCUT2D eigenvalue weighted by Gasteiger charge is -2.25. The van der Waals surface area contributed by atoms with Crippen LogP contribution in [0, 0.1) is 0 Å². The van der Waals surface area contributed by atoms with Crippen molar-refractivity contribution in [2.45, 2.75) is 44.9 Å². The van der Waals surface area contributed by atoms with Crippen LogP contribution in [-0.4, -0.2) is 40.5 Å². The van der Waals surface area contributed by atoms with Gasteiger partial charge in [-0.25, -0.2) is 9.18 Å². The molecule has 1 N–H and O–H groups in total. The lowest BCUT2D eigenvalue weighted by Crippen LogP contribution is -2.38. The van der Waals surface area contributed by atoms with E-state index >= 15 is 0 Å². The Labute approximate surface area is 124 Å². The van der Waals surface area contributed by atoms with Gasteiger partial charge in [-0.1, -0.05) is 18.2 Å². The normalized spacial score (nSPS) is 22.4. The third-order valence-electron chi connectivity index (χ3n) is 3.45. The molecule has 1 amide bonds. The molecule has 1 aromatic carbocycles. The molecule has 5 heteroatoms. The Morgan fingerprint density at radius 3 is 2.71 bits per heavy atom. The molecule has 0 spiro atoms. The predicted molar refractivity (Wildman–Crippen MR) is 78.1 cm³/mol. The number of phenols is 1. The Morgan fingerprint density at radius 1 is 1.43 bits per heavy atom. The molecule has 1 fully saturated rings. The lowest BCUT2D eigenvalue weighted by molar-refractivity contribution is 0.0258. The van der Waals surface area contributed by atoms with Gasteiger partial charge in [-0.05, 0) is 32.4 Å². The first-order valence-corrected chi connectivity index (χ1v) is 7.12. The topological polar surface area (TPSA) is 49.8 Å². The van der Waals surface area contributed by atoms with E-state index in [-0.39, 0.29) is 25.1 Å². The first kappa shape index (κ1) is 15.6. The molecule has 1 aliphatic rings. The molecule has 0 saturated carbocycles. The number of carbonyl (C=O) groups is 1. The highest BCUT2D eigenvalue weighted by Crippen LogP contribution is 2.32. The van der Waals surface area contributed by atoms with Crippen molar-refractivity contribution in [3.05, 3.63) is 29.8 Å². The molecule has 0 aromatic heterocycles. The fourth-order valence-corrected chi connectivity index (χ4v) is 2.46. The van der Waals surface area contributed by atoms with Crippen molar-refractivity contribution in [3.8, 4) is 5.75 Å². The van der Waals surface area contributed by atoms with Gasteiger partial charge in [0.1, 0.15) is 17.0 Å². The Balaban J connectivity index is 2.00. The number of halogens is 1. The number of hydrogen-bond donors (Lipinski definition) is 1. The van der Waals surface area contributed by atoms with E-state index in [1.54, 1.807) is 45.0 Å². The van der Waals surface area contributed by atoms with E-state index in [0.29, 0.717) is 12.1 Å². The van der Waals surface area contributed by atoms with Crippen molar-refractivity contribution in [1.29, 1.82) is 0 Å². The van der Waals surface area contributed by atoms with Gasteiger partial charge in [-0.2, -0.15) is 0 Å². The number of phenolic OH excluding ortho intramolecular Hbond substituents is 1. The van der Waals surface area contributed by atoms with Crippen molar-refractivity contribution in [1.82, 2.24) is 4.90 Å². The van der Waals surface area contributed by atoms with E-state index in [0.717, 1.165) is 0 Å². The van der Waals surface area contributed by atoms with Gasteiger partial charge < -0.3 is 14.7 Å². The van der Waals surface area contributed by atoms with Gasteiger partial charge in [-0.15, -0.1) is 0 Å². The summed E-state index contributed by atoms with van der Waals surface area (Å²) in [6, 6.07) is 6.70. The van der Waals surface area contributed by atoms with E-state index in [1.165, 1.54) is 4.90 Å². The highest BCUT2D eigenvalue weighted by atomic mass is 19.1. The minimum Gasteiger partial charge on any atom is -0.508 e. The van der Waals surface area contributed by atoms with Gasteiger partial charge in [-0.3, -0.25) is 0 Å². The number of hydrogen-bond acceptors (Lipinski definition) is 3. The van der Waals surface area contributed by atoms with Gasteiger partial charge in [0.2, 0.25) is 0 Å². The van der Waals surface area contributed by atoms with Crippen molar-refractivity contribution in [3.63, 3.8) is 0 Å². The van der Waals surface area contributed by atoms with Gasteiger partial charge >= 0.3 is 6.09 Å². The van der Waals surface area contributed by atoms with E-state index < -0.39 is 17.4 Å². The number of rotatable bonds is 2. The number of ether oxygens (including phenoxy) is 1.